The van der Waals surface area contributed by atoms with E-state index in [-0.39, 0.29) is 55.1 Å². The number of benzene rings is 1. The number of urea groups is 1. The summed E-state index contributed by atoms with van der Waals surface area (Å²) < 4.78 is 20.0. The molecule has 10 heteroatoms. The highest BCUT2D eigenvalue weighted by atomic mass is 31.2. The number of nitrogens with one attached hydrogen (secondary N) is 2. The van der Waals surface area contributed by atoms with Crippen LogP contribution in [0, 0.1) is 22.2 Å². The van der Waals surface area contributed by atoms with E-state index in [4.69, 9.17) is 19.0 Å². The fourth-order valence-corrected chi connectivity index (χ4v) is 6.11. The summed E-state index contributed by atoms with van der Waals surface area (Å²) in [5.74, 6) is -0.503. The molecule has 0 aliphatic carbocycles. The summed E-state index contributed by atoms with van der Waals surface area (Å²) in [4.78, 5) is 25.5. The Bertz CT molecular complexity index is 904. The van der Waals surface area contributed by atoms with Crippen molar-refractivity contribution in [1.82, 2.24) is 15.3 Å². The molecular weight excluding hydrogens is 515 g/mol. The Hall–Kier alpha value is -2.24. The third-order valence-electron chi connectivity index (χ3n) is 5.54. The summed E-state index contributed by atoms with van der Waals surface area (Å²) in [6, 6.07) is 10.7. The van der Waals surface area contributed by atoms with Crippen molar-refractivity contribution in [1.29, 1.82) is 5.26 Å². The van der Waals surface area contributed by atoms with E-state index in [1.54, 1.807) is 24.3 Å². The van der Waals surface area contributed by atoms with E-state index < -0.39 is 20.6 Å². The normalized spacial score (nSPS) is 13.7. The van der Waals surface area contributed by atoms with Crippen molar-refractivity contribution in [2.75, 3.05) is 26.3 Å². The molecule has 1 rings (SSSR count). The maximum Gasteiger partial charge on any atom is 0.338 e. The molecule has 0 saturated heterocycles. The lowest BCUT2D eigenvalue weighted by molar-refractivity contribution is 0.0157. The number of carbonyl (C=O) groups is 2. The molecule has 2 atom stereocenters. The summed E-state index contributed by atoms with van der Waals surface area (Å²) in [5.41, 5.74) is 0.476. The quantitative estimate of drug-likeness (QED) is 0.138. The molecule has 0 spiro atoms. The number of rotatable bonds is 16. The second-order valence-electron chi connectivity index (χ2n) is 12.2. The molecular formula is C29H49N4O5P. The molecule has 1 unspecified atom stereocenters. The Balaban J connectivity index is 2.93. The van der Waals surface area contributed by atoms with Gasteiger partial charge >= 0.3 is 12.0 Å². The number of carbonyl (C=O) groups excluding carboxylic acids is 2. The van der Waals surface area contributed by atoms with Crippen LogP contribution >= 0.6 is 8.53 Å². The zero-order chi connectivity index (χ0) is 29.6. The van der Waals surface area contributed by atoms with Crippen LogP contribution in [-0.4, -0.2) is 61.2 Å². The van der Waals surface area contributed by atoms with Crippen molar-refractivity contribution in [2.24, 2.45) is 10.8 Å². The number of hydrogen-bond donors (Lipinski definition) is 2. The third kappa shape index (κ3) is 14.6. The molecule has 1 aromatic rings. The van der Waals surface area contributed by atoms with Gasteiger partial charge in [0.1, 0.15) is 6.10 Å². The van der Waals surface area contributed by atoms with E-state index in [2.05, 4.69) is 56.0 Å². The van der Waals surface area contributed by atoms with Crippen molar-refractivity contribution < 1.29 is 23.4 Å². The van der Waals surface area contributed by atoms with E-state index in [9.17, 15) is 9.59 Å². The van der Waals surface area contributed by atoms with E-state index in [1.807, 2.05) is 33.8 Å². The number of hydrogen-bond acceptors (Lipinski definition) is 7. The first kappa shape index (κ1) is 34.8. The largest absolute Gasteiger partial charge is 0.454 e. The van der Waals surface area contributed by atoms with Crippen molar-refractivity contribution in [2.45, 2.75) is 93.3 Å². The van der Waals surface area contributed by atoms with E-state index >= 15 is 0 Å². The Kier molecular flexibility index (Phi) is 15.0. The molecule has 0 aliphatic heterocycles. The van der Waals surface area contributed by atoms with Gasteiger partial charge in [0.25, 0.3) is 8.53 Å². The number of amides is 2. The average molecular weight is 565 g/mol. The second kappa shape index (κ2) is 16.8. The van der Waals surface area contributed by atoms with Gasteiger partial charge < -0.3 is 24.4 Å². The van der Waals surface area contributed by atoms with Crippen LogP contribution in [0.1, 0.15) is 85.5 Å². The summed E-state index contributed by atoms with van der Waals surface area (Å²) in [6.45, 7) is 19.8. The van der Waals surface area contributed by atoms with E-state index in [0.717, 1.165) is 6.42 Å². The lowest BCUT2D eigenvalue weighted by Gasteiger charge is -2.36. The Morgan fingerprint density at radius 2 is 1.62 bits per heavy atom. The first-order valence-electron chi connectivity index (χ1n) is 13.6. The van der Waals surface area contributed by atoms with Gasteiger partial charge in [0, 0.05) is 18.6 Å². The van der Waals surface area contributed by atoms with Crippen molar-refractivity contribution in [3.63, 3.8) is 0 Å². The molecule has 2 N–H and O–H groups in total. The van der Waals surface area contributed by atoms with Crippen molar-refractivity contribution in [3.05, 3.63) is 35.9 Å². The molecule has 0 aliphatic rings. The minimum absolute atomic E-state index is 0.0164. The monoisotopic (exact) mass is 564 g/mol. The molecule has 2 amide bonds. The second-order valence-corrected chi connectivity index (χ2v) is 13.7. The van der Waals surface area contributed by atoms with Gasteiger partial charge in [-0.15, -0.1) is 0 Å². The van der Waals surface area contributed by atoms with Gasteiger partial charge in [-0.1, -0.05) is 52.8 Å². The van der Waals surface area contributed by atoms with Crippen LogP contribution in [0.3, 0.4) is 0 Å². The van der Waals surface area contributed by atoms with Crippen LogP contribution in [0.25, 0.3) is 0 Å². The van der Waals surface area contributed by atoms with Gasteiger partial charge in [-0.2, -0.15) is 5.26 Å². The summed E-state index contributed by atoms with van der Waals surface area (Å²) in [6.07, 6.45) is 0.436. The minimum atomic E-state index is -1.53. The first-order valence-corrected chi connectivity index (χ1v) is 14.8. The highest BCUT2D eigenvalue weighted by molar-refractivity contribution is 7.44. The molecule has 9 nitrogen and oxygen atoms in total. The van der Waals surface area contributed by atoms with Crippen LogP contribution in [-0.2, 0) is 13.8 Å². The van der Waals surface area contributed by atoms with Crippen LogP contribution in [0.2, 0.25) is 0 Å². The molecule has 0 fully saturated rings. The fraction of sp³-hybridized carbons (Fsp3) is 0.690. The molecule has 0 heterocycles. The minimum Gasteiger partial charge on any atom is -0.454 e. The third-order valence-corrected chi connectivity index (χ3v) is 7.62. The van der Waals surface area contributed by atoms with E-state index in [1.165, 1.54) is 0 Å². The highest BCUT2D eigenvalue weighted by Gasteiger charge is 2.30. The molecule has 220 valence electrons. The van der Waals surface area contributed by atoms with Crippen molar-refractivity contribution >= 4 is 20.5 Å². The lowest BCUT2D eigenvalue weighted by Crippen LogP contribution is -2.45. The number of nitriles is 1. The van der Waals surface area contributed by atoms with Gasteiger partial charge in [-0.05, 0) is 57.1 Å². The average Bonchev–Trinajstić information content (AvgIpc) is 2.82. The molecule has 0 radical (unpaired) electrons. The van der Waals surface area contributed by atoms with Gasteiger partial charge in [-0.25, -0.2) is 14.3 Å². The van der Waals surface area contributed by atoms with Crippen LogP contribution in [0.5, 0.6) is 0 Å². The van der Waals surface area contributed by atoms with Crippen LogP contribution < -0.4 is 10.6 Å². The summed E-state index contributed by atoms with van der Waals surface area (Å²) >= 11 is 0. The van der Waals surface area contributed by atoms with Gasteiger partial charge in [0.15, 0.2) is 0 Å². The first-order chi connectivity index (χ1) is 18.1. The Morgan fingerprint density at radius 3 is 2.15 bits per heavy atom. The number of ether oxygens (including phenoxy) is 1. The summed E-state index contributed by atoms with van der Waals surface area (Å²) in [7, 11) is -1.53. The fourth-order valence-electron chi connectivity index (χ4n) is 4.48. The molecule has 0 aromatic heterocycles. The SMILES string of the molecule is CC(C)N(C(C)C)P(OCCC#N)OC[C@@H](CNC(=O)NCC(C)(C)CC(C)(C)C)OC(=O)c1ccccc1. The van der Waals surface area contributed by atoms with Crippen LogP contribution in [0.4, 0.5) is 4.79 Å². The van der Waals surface area contributed by atoms with Gasteiger partial charge in [0.2, 0.25) is 0 Å². The highest BCUT2D eigenvalue weighted by Crippen LogP contribution is 2.46. The maximum absolute atomic E-state index is 12.8. The predicted octanol–water partition coefficient (Wildman–Crippen LogP) is 6.27. The maximum atomic E-state index is 12.8. The van der Waals surface area contributed by atoms with Crippen molar-refractivity contribution in [3.8, 4) is 6.07 Å². The van der Waals surface area contributed by atoms with Gasteiger partial charge in [-0.3, -0.25) is 0 Å². The van der Waals surface area contributed by atoms with Gasteiger partial charge in [0.05, 0.1) is 37.8 Å². The summed E-state index contributed by atoms with van der Waals surface area (Å²) in [5, 5.41) is 14.7. The van der Waals surface area contributed by atoms with Crippen LogP contribution in [0.15, 0.2) is 30.3 Å². The molecule has 0 saturated carbocycles. The number of esters is 1. The smallest absolute Gasteiger partial charge is 0.338 e. The molecule has 0 bridgehead atoms. The van der Waals surface area contributed by atoms with E-state index in [0.29, 0.717) is 12.1 Å². The molecule has 39 heavy (non-hydrogen) atoms. The number of nitrogens with zero attached hydrogens (tertiary/aromatic N) is 2. The zero-order valence-electron chi connectivity index (χ0n) is 25.2. The lowest BCUT2D eigenvalue weighted by atomic mass is 9.76. The Labute approximate surface area is 236 Å². The zero-order valence-corrected chi connectivity index (χ0v) is 26.1. The Morgan fingerprint density at radius 1 is 1.00 bits per heavy atom. The predicted molar refractivity (Wildman–Crippen MR) is 156 cm³/mol. The topological polar surface area (TPSA) is 113 Å². The molecule has 1 aromatic carbocycles. The standard InChI is InChI=1S/C29H49N4O5P/c1-22(2)33(23(3)4)39(36-17-13-16-30)37-19-25(38-26(34)24-14-11-10-12-15-24)18-31-27(35)32-21-29(8,9)20-28(5,6)7/h10-12,14-15,22-23,25H,13,17-21H2,1-9H3,(H2,31,32,35)/t25-,39?/m1/s1.